The summed E-state index contributed by atoms with van der Waals surface area (Å²) in [5.41, 5.74) is 0.555. The second-order valence-corrected chi connectivity index (χ2v) is 15.9. The Kier molecular flexibility index (Phi) is 13.3. The molecule has 2 heterocycles. The summed E-state index contributed by atoms with van der Waals surface area (Å²) < 4.78 is 10.6. The minimum Gasteiger partial charge on any atom is -0.465 e. The highest BCUT2D eigenvalue weighted by Gasteiger charge is 2.33. The lowest BCUT2D eigenvalue weighted by Gasteiger charge is -2.30. The minimum absolute atomic E-state index is 0.111. The van der Waals surface area contributed by atoms with Gasteiger partial charge in [-0.05, 0) is 81.7 Å². The Hall–Kier alpha value is -6.00. The third kappa shape index (κ3) is 10.4. The summed E-state index contributed by atoms with van der Waals surface area (Å²) in [5.74, 6) is -2.28. The number of rotatable bonds is 12. The maximum Gasteiger partial charge on any atom is 0.410 e. The van der Waals surface area contributed by atoms with Gasteiger partial charge in [0.05, 0.1) is 35.0 Å². The van der Waals surface area contributed by atoms with E-state index in [4.69, 9.17) is 9.47 Å². The van der Waals surface area contributed by atoms with Crippen LogP contribution in [0.4, 0.5) is 21.2 Å². The number of carbonyl (C=O) groups is 5. The van der Waals surface area contributed by atoms with Gasteiger partial charge in [0.15, 0.2) is 0 Å². The summed E-state index contributed by atoms with van der Waals surface area (Å²) in [4.78, 5) is 80.3. The molecule has 16 heteroatoms. The molecule has 1 unspecified atom stereocenters. The quantitative estimate of drug-likeness (QED) is 0.0422. The van der Waals surface area contributed by atoms with Crippen molar-refractivity contribution in [1.82, 2.24) is 10.2 Å². The fourth-order valence-corrected chi connectivity index (χ4v) is 7.96. The van der Waals surface area contributed by atoms with E-state index in [0.29, 0.717) is 35.0 Å². The standard InChI is InChI=1S/C40H41N5O9S2/c1-6-31(36(48)43-37-33(38(49)53-5)28-19-20-44(23-32(28)56-37)39(50)54-40(2,3)4)55-27-17-12-16-26(22-27)41-35(47)29(42-34(46)24-13-8-7-9-14-24)21-25-15-10-11-18-30(25)45(51)52/h7-18,21-22,31H,6,19-20,23H2,1-5H3,(H,41,47)(H,42,46)(H,43,48)/b29-21+. The average molecular weight is 800 g/mol. The maximum atomic E-state index is 13.7. The van der Waals surface area contributed by atoms with Gasteiger partial charge >= 0.3 is 12.1 Å². The summed E-state index contributed by atoms with van der Waals surface area (Å²) >= 11 is 2.46. The normalized spacial score (nSPS) is 13.2. The molecule has 0 radical (unpaired) electrons. The van der Waals surface area contributed by atoms with Crippen LogP contribution in [0.2, 0.25) is 0 Å². The Morgan fingerprint density at radius 2 is 1.71 bits per heavy atom. The van der Waals surface area contributed by atoms with E-state index in [9.17, 15) is 34.1 Å². The molecular formula is C40H41N5O9S2. The number of ether oxygens (including phenoxy) is 2. The van der Waals surface area contributed by atoms with Gasteiger partial charge in [0, 0.05) is 33.6 Å². The van der Waals surface area contributed by atoms with Crippen LogP contribution in [0.15, 0.2) is 89.5 Å². The van der Waals surface area contributed by atoms with Gasteiger partial charge in [0.1, 0.15) is 16.3 Å². The summed E-state index contributed by atoms with van der Waals surface area (Å²) in [7, 11) is 1.27. The molecule has 14 nitrogen and oxygen atoms in total. The van der Waals surface area contributed by atoms with Crippen molar-refractivity contribution in [3.8, 4) is 0 Å². The third-order valence-corrected chi connectivity index (χ3v) is 10.8. The first-order valence-electron chi connectivity index (χ1n) is 17.6. The zero-order chi connectivity index (χ0) is 40.6. The number of esters is 1. The molecule has 0 saturated heterocycles. The Labute approximate surface area is 331 Å². The van der Waals surface area contributed by atoms with E-state index in [0.717, 1.165) is 10.4 Å². The van der Waals surface area contributed by atoms with Crippen molar-refractivity contribution in [3.63, 3.8) is 0 Å². The van der Waals surface area contributed by atoms with Crippen molar-refractivity contribution in [2.45, 2.75) is 62.8 Å². The number of anilines is 2. The summed E-state index contributed by atoms with van der Waals surface area (Å²) in [6, 6.07) is 20.8. The van der Waals surface area contributed by atoms with Crippen LogP contribution in [0.5, 0.6) is 0 Å². The molecule has 1 aliphatic heterocycles. The number of thiophene rings is 1. The van der Waals surface area contributed by atoms with Crippen molar-refractivity contribution >= 4 is 75.3 Å². The van der Waals surface area contributed by atoms with Crippen molar-refractivity contribution < 1.29 is 38.4 Å². The number of methoxy groups -OCH3 is 1. The van der Waals surface area contributed by atoms with Crippen LogP contribution >= 0.6 is 23.1 Å². The van der Waals surface area contributed by atoms with Gasteiger partial charge in [0.25, 0.3) is 17.5 Å². The lowest BCUT2D eigenvalue weighted by molar-refractivity contribution is -0.385. The Bertz CT molecular complexity index is 2180. The van der Waals surface area contributed by atoms with Gasteiger partial charge in [0.2, 0.25) is 5.91 Å². The van der Waals surface area contributed by atoms with Gasteiger partial charge in [-0.2, -0.15) is 0 Å². The topological polar surface area (TPSA) is 186 Å². The van der Waals surface area contributed by atoms with E-state index in [1.165, 1.54) is 54.5 Å². The average Bonchev–Trinajstić information content (AvgIpc) is 3.53. The molecule has 1 aliphatic rings. The van der Waals surface area contributed by atoms with E-state index in [1.54, 1.807) is 86.3 Å². The van der Waals surface area contributed by atoms with Crippen LogP contribution in [0.3, 0.4) is 0 Å². The first-order valence-corrected chi connectivity index (χ1v) is 19.3. The number of hydrogen-bond acceptors (Lipinski definition) is 11. The molecule has 3 aromatic carbocycles. The summed E-state index contributed by atoms with van der Waals surface area (Å²) in [6.07, 6.45) is 1.56. The first-order chi connectivity index (χ1) is 26.7. The molecule has 0 saturated carbocycles. The monoisotopic (exact) mass is 799 g/mol. The van der Waals surface area contributed by atoms with Crippen molar-refractivity contribution in [1.29, 1.82) is 0 Å². The molecule has 5 rings (SSSR count). The van der Waals surface area contributed by atoms with Gasteiger partial charge in [-0.25, -0.2) is 9.59 Å². The molecule has 0 aliphatic carbocycles. The van der Waals surface area contributed by atoms with Crippen LogP contribution in [0.25, 0.3) is 6.08 Å². The van der Waals surface area contributed by atoms with Crippen molar-refractivity contribution in [3.05, 3.63) is 122 Å². The number of nitrogens with zero attached hydrogens (tertiary/aromatic N) is 2. The van der Waals surface area contributed by atoms with Crippen LogP contribution in [-0.4, -0.2) is 64.1 Å². The van der Waals surface area contributed by atoms with Gasteiger partial charge in [-0.3, -0.25) is 24.5 Å². The number of nitro benzene ring substituents is 1. The smallest absolute Gasteiger partial charge is 0.410 e. The van der Waals surface area contributed by atoms with E-state index in [1.807, 2.05) is 6.92 Å². The highest BCUT2D eigenvalue weighted by molar-refractivity contribution is 8.00. The molecule has 0 spiro atoms. The van der Waals surface area contributed by atoms with Gasteiger partial charge in [-0.15, -0.1) is 23.1 Å². The summed E-state index contributed by atoms with van der Waals surface area (Å²) in [6.45, 7) is 7.75. The number of carbonyl (C=O) groups excluding carboxylic acids is 5. The van der Waals surface area contributed by atoms with Crippen LogP contribution in [-0.2, 0) is 32.0 Å². The fourth-order valence-electron chi connectivity index (χ4n) is 5.69. The minimum atomic E-state index is -0.735. The number of nitrogens with one attached hydrogen (secondary N) is 3. The predicted molar refractivity (Wildman–Crippen MR) is 215 cm³/mol. The van der Waals surface area contributed by atoms with E-state index in [2.05, 4.69) is 16.0 Å². The number of hydrogen-bond donors (Lipinski definition) is 3. The Morgan fingerprint density at radius 3 is 2.39 bits per heavy atom. The fraction of sp³-hybridized carbons (Fsp3) is 0.275. The van der Waals surface area contributed by atoms with Crippen LogP contribution in [0.1, 0.15) is 70.8 Å². The van der Waals surface area contributed by atoms with Crippen molar-refractivity contribution in [2.75, 3.05) is 24.3 Å². The molecule has 1 atom stereocenters. The van der Waals surface area contributed by atoms with Gasteiger partial charge < -0.3 is 30.3 Å². The molecule has 4 amide bonds. The zero-order valence-electron chi connectivity index (χ0n) is 31.4. The molecule has 3 N–H and O–H groups in total. The zero-order valence-corrected chi connectivity index (χ0v) is 33.0. The van der Waals surface area contributed by atoms with Crippen LogP contribution < -0.4 is 16.0 Å². The summed E-state index contributed by atoms with van der Waals surface area (Å²) in [5, 5.41) is 19.7. The van der Waals surface area contributed by atoms with Crippen LogP contribution in [0, 0.1) is 10.1 Å². The SMILES string of the molecule is CCC(Sc1cccc(NC(=O)/C(=C\c2ccccc2[N+](=O)[O-])NC(=O)c2ccccc2)c1)C(=O)Nc1sc2c(c1C(=O)OC)CCN(C(=O)OC(C)(C)C)C2. The second-order valence-electron chi connectivity index (χ2n) is 13.5. The molecule has 292 valence electrons. The number of nitro groups is 1. The highest BCUT2D eigenvalue weighted by Crippen LogP contribution is 2.39. The van der Waals surface area contributed by atoms with Gasteiger partial charge in [-0.1, -0.05) is 43.3 Å². The second kappa shape index (κ2) is 18.1. The third-order valence-electron chi connectivity index (χ3n) is 8.33. The number of thioether (sulfide) groups is 1. The highest BCUT2D eigenvalue weighted by atomic mass is 32.2. The van der Waals surface area contributed by atoms with E-state index < -0.39 is 39.7 Å². The predicted octanol–water partition coefficient (Wildman–Crippen LogP) is 7.66. The molecule has 4 aromatic rings. The Balaban J connectivity index is 1.33. The van der Waals surface area contributed by atoms with E-state index in [-0.39, 0.29) is 40.5 Å². The maximum absolute atomic E-state index is 13.7. The molecule has 1 aromatic heterocycles. The number of benzene rings is 3. The largest absolute Gasteiger partial charge is 0.465 e. The Morgan fingerprint density at radius 1 is 1.00 bits per heavy atom. The number of para-hydroxylation sites is 1. The lowest BCUT2D eigenvalue weighted by Crippen LogP contribution is -2.39. The molecular weight excluding hydrogens is 759 g/mol. The first kappa shape index (κ1) is 41.2. The van der Waals surface area contributed by atoms with Crippen molar-refractivity contribution in [2.24, 2.45) is 0 Å². The number of fused-ring (bicyclic) bond motifs is 1. The van der Waals surface area contributed by atoms with E-state index >= 15 is 0 Å². The molecule has 0 bridgehead atoms. The lowest BCUT2D eigenvalue weighted by atomic mass is 10.0. The molecule has 56 heavy (non-hydrogen) atoms. The molecule has 0 fully saturated rings. The number of amides is 4.